The van der Waals surface area contributed by atoms with E-state index in [-0.39, 0.29) is 0 Å². The molecule has 0 fully saturated rings. The zero-order valence-corrected chi connectivity index (χ0v) is 8.69. The molecule has 53 valence electrons. The molecule has 0 amide bonds. The molecule has 0 atom stereocenters. The Hall–Kier alpha value is 0.762. The van der Waals surface area contributed by atoms with Crippen LogP contribution in [0.5, 0.6) is 0 Å². The predicted octanol–water partition coefficient (Wildman–Crippen LogP) is 0.478. The summed E-state index contributed by atoms with van der Waals surface area (Å²) < 4.78 is 29.7. The van der Waals surface area contributed by atoms with Crippen LogP contribution in [0.15, 0.2) is 0 Å². The van der Waals surface area contributed by atoms with E-state index in [1.807, 2.05) is 0 Å². The Labute approximate surface area is 58.9 Å². The number of rotatable bonds is 0. The average molecular weight is 359 g/mol. The van der Waals surface area contributed by atoms with Crippen molar-refractivity contribution in [2.45, 2.75) is 0 Å². The first kappa shape index (κ1) is 15.9. The molecule has 0 bridgehead atoms. The van der Waals surface area contributed by atoms with Crippen molar-refractivity contribution in [1.82, 2.24) is 0 Å². The fourth-order valence-corrected chi connectivity index (χ4v) is 0. The van der Waals surface area contributed by atoms with Crippen LogP contribution >= 0.6 is 0 Å². The fourth-order valence-electron chi connectivity index (χ4n) is 0. The Kier molecular flexibility index (Phi) is 49.8. The number of halogens is 3. The van der Waals surface area contributed by atoms with Crippen LogP contribution in [-0.4, -0.2) is 24.4 Å². The molecule has 0 aromatic heterocycles. The SMILES string of the molecule is CO.CO.[F][U]([F])[F]. The van der Waals surface area contributed by atoms with E-state index in [0.717, 1.165) is 14.2 Å². The molecule has 0 spiro atoms. The second-order valence-corrected chi connectivity index (χ2v) is 2.00. The minimum atomic E-state index is -5.23. The van der Waals surface area contributed by atoms with Crippen molar-refractivity contribution >= 4 is 0 Å². The monoisotopic (exact) mass is 359 g/mol. The van der Waals surface area contributed by atoms with Gasteiger partial charge in [0.25, 0.3) is 0 Å². The summed E-state index contributed by atoms with van der Waals surface area (Å²) >= 11 is -5.23. The van der Waals surface area contributed by atoms with Gasteiger partial charge in [0.2, 0.25) is 0 Å². The molecule has 0 heterocycles. The van der Waals surface area contributed by atoms with Crippen molar-refractivity contribution in [2.24, 2.45) is 0 Å². The molecule has 0 aliphatic carbocycles. The fraction of sp³-hybridized carbons (Fsp3) is 1.00. The van der Waals surface area contributed by atoms with Gasteiger partial charge >= 0.3 is 34.4 Å². The molecule has 2 nitrogen and oxygen atoms in total. The Bertz CT molecular complexity index is 20.0. The molecule has 2 N–H and O–H groups in total. The molecule has 0 saturated heterocycles. The summed E-state index contributed by atoms with van der Waals surface area (Å²) in [5.41, 5.74) is 0. The number of hydrogen-bond donors (Lipinski definition) is 2. The molecule has 0 rings (SSSR count). The molecule has 0 aromatic carbocycles. The van der Waals surface area contributed by atoms with Crippen LogP contribution in [-0.2, 0) is 0 Å². The van der Waals surface area contributed by atoms with E-state index in [1.165, 1.54) is 0 Å². The summed E-state index contributed by atoms with van der Waals surface area (Å²) in [4.78, 5) is 0. The summed E-state index contributed by atoms with van der Waals surface area (Å²) in [5, 5.41) is 14.0. The van der Waals surface area contributed by atoms with Gasteiger partial charge in [-0.3, -0.25) is 0 Å². The van der Waals surface area contributed by atoms with E-state index >= 15 is 0 Å². The zero-order valence-electron chi connectivity index (χ0n) is 4.53. The first-order valence-electron chi connectivity index (χ1n) is 1.46. The quantitative estimate of drug-likeness (QED) is 0.661. The maximum absolute atomic E-state index is 9.89. The van der Waals surface area contributed by atoms with Crippen LogP contribution in [0.4, 0.5) is 6.30 Å². The van der Waals surface area contributed by atoms with Gasteiger partial charge in [0, 0.05) is 14.2 Å². The Morgan fingerprint density at radius 3 is 0.875 bits per heavy atom. The molecule has 0 radical (unpaired) electrons. The van der Waals surface area contributed by atoms with E-state index < -0.39 is 28.1 Å². The molecule has 0 aliphatic heterocycles. The third-order valence-electron chi connectivity index (χ3n) is 0. The van der Waals surface area contributed by atoms with Gasteiger partial charge in [-0.15, -0.1) is 0 Å². The molecular formula is C2H8F3O2U. The Morgan fingerprint density at radius 1 is 0.875 bits per heavy atom. The van der Waals surface area contributed by atoms with Crippen LogP contribution in [0.25, 0.3) is 0 Å². The van der Waals surface area contributed by atoms with Gasteiger partial charge in [-0.2, -0.15) is 0 Å². The van der Waals surface area contributed by atoms with Crippen LogP contribution in [0.2, 0.25) is 0 Å². The number of aliphatic hydroxyl groups excluding tert-OH is 2. The van der Waals surface area contributed by atoms with Crippen molar-refractivity contribution in [3.63, 3.8) is 0 Å². The van der Waals surface area contributed by atoms with E-state index in [4.69, 9.17) is 10.2 Å². The van der Waals surface area contributed by atoms with E-state index in [1.54, 1.807) is 0 Å². The van der Waals surface area contributed by atoms with Gasteiger partial charge in [-0.1, -0.05) is 0 Å². The maximum atomic E-state index is 9.89. The van der Waals surface area contributed by atoms with Crippen molar-refractivity contribution in [3.05, 3.63) is 0 Å². The second kappa shape index (κ2) is 25.1. The standard InChI is InChI=1S/2CH4O.3FH.U/c2*1-2;;;;/h2*2H,1H3;3*1H;/q;;;;;+3/p-3. The van der Waals surface area contributed by atoms with Crippen molar-refractivity contribution < 1.29 is 44.6 Å². The summed E-state index contributed by atoms with van der Waals surface area (Å²) in [6.07, 6.45) is 0. The Morgan fingerprint density at radius 2 is 0.875 bits per heavy atom. The summed E-state index contributed by atoms with van der Waals surface area (Å²) in [7, 11) is 2.00. The molecule has 0 unspecified atom stereocenters. The first-order chi connectivity index (χ1) is 3.73. The number of aliphatic hydroxyl groups is 2. The summed E-state index contributed by atoms with van der Waals surface area (Å²) in [6, 6.07) is 0. The predicted molar refractivity (Wildman–Crippen MR) is 19.6 cm³/mol. The van der Waals surface area contributed by atoms with Crippen molar-refractivity contribution in [2.75, 3.05) is 14.2 Å². The van der Waals surface area contributed by atoms with Crippen LogP contribution in [0, 0.1) is 28.1 Å². The second-order valence-electron chi connectivity index (χ2n) is 0.214. The normalized spacial score (nSPS) is 4.88. The molecular weight excluding hydrogens is 351 g/mol. The van der Waals surface area contributed by atoms with E-state index in [9.17, 15) is 6.30 Å². The van der Waals surface area contributed by atoms with Crippen LogP contribution < -0.4 is 0 Å². The third kappa shape index (κ3) is 387. The Balaban J connectivity index is -0.0000000542. The minimum absolute atomic E-state index is 1.00. The van der Waals surface area contributed by atoms with Crippen molar-refractivity contribution in [3.8, 4) is 0 Å². The van der Waals surface area contributed by atoms with Crippen LogP contribution in [0.3, 0.4) is 0 Å². The zero-order chi connectivity index (χ0) is 7.58. The van der Waals surface area contributed by atoms with Gasteiger partial charge in [0.1, 0.15) is 0 Å². The van der Waals surface area contributed by atoms with Gasteiger partial charge in [0.05, 0.1) is 0 Å². The third-order valence-corrected chi connectivity index (χ3v) is 0. The average Bonchev–Trinajstić information content (AvgIpc) is 1.75. The summed E-state index contributed by atoms with van der Waals surface area (Å²) in [6.45, 7) is 0. The molecule has 6 heteroatoms. The van der Waals surface area contributed by atoms with Crippen LogP contribution in [0.1, 0.15) is 0 Å². The summed E-state index contributed by atoms with van der Waals surface area (Å²) in [5.74, 6) is 0. The van der Waals surface area contributed by atoms with Gasteiger partial charge in [-0.25, -0.2) is 0 Å². The molecule has 0 aliphatic rings. The first-order valence-corrected chi connectivity index (χ1v) is 6.18. The molecule has 8 heavy (non-hydrogen) atoms. The van der Waals surface area contributed by atoms with Gasteiger partial charge in [-0.05, 0) is 0 Å². The van der Waals surface area contributed by atoms with E-state index in [0.29, 0.717) is 0 Å². The molecule has 0 saturated carbocycles. The van der Waals surface area contributed by atoms with Gasteiger partial charge in [0.15, 0.2) is 0 Å². The van der Waals surface area contributed by atoms with E-state index in [2.05, 4.69) is 0 Å². The number of hydrogen-bond acceptors (Lipinski definition) is 2. The molecule has 0 aromatic rings. The topological polar surface area (TPSA) is 40.5 Å². The van der Waals surface area contributed by atoms with Crippen molar-refractivity contribution in [1.29, 1.82) is 0 Å². The van der Waals surface area contributed by atoms with Gasteiger partial charge < -0.3 is 10.2 Å².